The molecule has 2 rings (SSSR count). The maximum atomic E-state index is 4.06. The predicted octanol–water partition coefficient (Wildman–Crippen LogP) is 1.64. The van der Waals surface area contributed by atoms with Crippen LogP contribution >= 0.6 is 27.3 Å². The second-order valence-corrected chi connectivity index (χ2v) is 4.50. The van der Waals surface area contributed by atoms with Crippen LogP contribution in [-0.4, -0.2) is 20.2 Å². The maximum absolute atomic E-state index is 4.06. The number of aromatic amines is 1. The van der Waals surface area contributed by atoms with Gasteiger partial charge in [-0.05, 0) is 15.9 Å². The summed E-state index contributed by atoms with van der Waals surface area (Å²) in [6.07, 6.45) is 3.50. The van der Waals surface area contributed by atoms with E-state index < -0.39 is 0 Å². The molecule has 0 aliphatic heterocycles. The van der Waals surface area contributed by atoms with E-state index >= 15 is 0 Å². The maximum Gasteiger partial charge on any atom is 0.206 e. The molecule has 2 heterocycles. The Kier molecular flexibility index (Phi) is 2.55. The first-order chi connectivity index (χ1) is 6.34. The van der Waals surface area contributed by atoms with Crippen molar-refractivity contribution in [1.82, 2.24) is 20.2 Å². The Morgan fingerprint density at radius 1 is 1.54 bits per heavy atom. The number of aromatic nitrogens is 4. The van der Waals surface area contributed by atoms with Crippen molar-refractivity contribution in [3.63, 3.8) is 0 Å². The third-order valence-corrected chi connectivity index (χ3v) is 2.68. The Morgan fingerprint density at radius 3 is 3.08 bits per heavy atom. The Morgan fingerprint density at radius 2 is 2.46 bits per heavy atom. The fourth-order valence-electron chi connectivity index (χ4n) is 0.831. The Labute approximate surface area is 86.7 Å². The van der Waals surface area contributed by atoms with Crippen molar-refractivity contribution < 1.29 is 0 Å². The van der Waals surface area contributed by atoms with E-state index in [0.717, 1.165) is 14.9 Å². The molecule has 0 saturated carbocycles. The second-order valence-electron chi connectivity index (χ2n) is 2.25. The molecule has 5 nitrogen and oxygen atoms in total. The summed E-state index contributed by atoms with van der Waals surface area (Å²) in [6, 6.07) is 0. The monoisotopic (exact) mass is 259 g/mol. The molecule has 0 aliphatic carbocycles. The number of nitrogens with zero attached hydrogens (tertiary/aromatic N) is 3. The fraction of sp³-hybridized carbons (Fsp3) is 0.167. The highest BCUT2D eigenvalue weighted by molar-refractivity contribution is 9.11. The number of hydrogen-bond acceptors (Lipinski definition) is 5. The van der Waals surface area contributed by atoms with Crippen molar-refractivity contribution in [3.05, 3.63) is 22.1 Å². The number of imidazole rings is 1. The highest BCUT2D eigenvalue weighted by Crippen LogP contribution is 2.20. The first kappa shape index (κ1) is 8.64. The van der Waals surface area contributed by atoms with Gasteiger partial charge in [-0.15, -0.1) is 10.2 Å². The molecule has 68 valence electrons. The van der Waals surface area contributed by atoms with Gasteiger partial charge in [0.1, 0.15) is 5.82 Å². The molecule has 0 spiro atoms. The summed E-state index contributed by atoms with van der Waals surface area (Å²) in [5.41, 5.74) is 0. The number of nitrogens with one attached hydrogen (secondary N) is 2. The minimum Gasteiger partial charge on any atom is -0.353 e. The van der Waals surface area contributed by atoms with Crippen LogP contribution in [0, 0.1) is 0 Å². The van der Waals surface area contributed by atoms with E-state index in [2.05, 4.69) is 41.4 Å². The molecule has 0 amide bonds. The Bertz CT molecular complexity index is 370. The zero-order valence-corrected chi connectivity index (χ0v) is 8.89. The largest absolute Gasteiger partial charge is 0.353 e. The lowest BCUT2D eigenvalue weighted by Gasteiger charge is -1.96. The molecule has 0 aromatic carbocycles. The highest BCUT2D eigenvalue weighted by Gasteiger charge is 2.00. The SMILES string of the molecule is Brc1nnc(NCc2ncc[nH]2)s1. The summed E-state index contributed by atoms with van der Waals surface area (Å²) < 4.78 is 0.773. The molecular weight excluding hydrogens is 254 g/mol. The van der Waals surface area contributed by atoms with Crippen LogP contribution in [0.5, 0.6) is 0 Å². The van der Waals surface area contributed by atoms with Gasteiger partial charge in [-0.25, -0.2) is 4.98 Å². The van der Waals surface area contributed by atoms with Crippen molar-refractivity contribution in [1.29, 1.82) is 0 Å². The van der Waals surface area contributed by atoms with E-state index in [4.69, 9.17) is 0 Å². The van der Waals surface area contributed by atoms with Gasteiger partial charge in [-0.3, -0.25) is 0 Å². The molecule has 0 atom stereocenters. The molecule has 2 N–H and O–H groups in total. The molecule has 7 heteroatoms. The zero-order valence-electron chi connectivity index (χ0n) is 6.49. The van der Waals surface area contributed by atoms with E-state index in [0.29, 0.717) is 6.54 Å². The minimum atomic E-state index is 0.634. The van der Waals surface area contributed by atoms with Crippen molar-refractivity contribution in [3.8, 4) is 0 Å². The van der Waals surface area contributed by atoms with Crippen molar-refractivity contribution in [2.75, 3.05) is 5.32 Å². The molecule has 2 aromatic heterocycles. The summed E-state index contributed by atoms with van der Waals surface area (Å²) in [5, 5.41) is 11.6. The van der Waals surface area contributed by atoms with Gasteiger partial charge in [0.15, 0.2) is 3.92 Å². The van der Waals surface area contributed by atoms with Gasteiger partial charge in [-0.1, -0.05) is 11.3 Å². The normalized spacial score (nSPS) is 10.2. The molecule has 13 heavy (non-hydrogen) atoms. The van der Waals surface area contributed by atoms with Gasteiger partial charge < -0.3 is 10.3 Å². The lowest BCUT2D eigenvalue weighted by atomic mass is 10.6. The molecule has 0 radical (unpaired) electrons. The van der Waals surface area contributed by atoms with Crippen LogP contribution in [0.1, 0.15) is 5.82 Å². The molecule has 2 aromatic rings. The molecule has 0 unspecified atom stereocenters. The number of H-pyrrole nitrogens is 1. The molecule has 0 aliphatic rings. The predicted molar refractivity (Wildman–Crippen MR) is 53.5 cm³/mol. The number of hydrogen-bond donors (Lipinski definition) is 2. The lowest BCUT2D eigenvalue weighted by molar-refractivity contribution is 0.977. The summed E-state index contributed by atoms with van der Waals surface area (Å²) in [7, 11) is 0. The molecule has 0 fully saturated rings. The quantitative estimate of drug-likeness (QED) is 0.880. The first-order valence-electron chi connectivity index (χ1n) is 3.56. The van der Waals surface area contributed by atoms with Crippen LogP contribution in [0.3, 0.4) is 0 Å². The van der Waals surface area contributed by atoms with Crippen molar-refractivity contribution >= 4 is 32.4 Å². The number of halogens is 1. The fourth-order valence-corrected chi connectivity index (χ4v) is 1.84. The standard InChI is InChI=1S/C6H6BrN5S/c7-5-11-12-6(13-5)10-3-4-8-1-2-9-4/h1-2H,3H2,(H,8,9)(H,10,12). The van der Waals surface area contributed by atoms with E-state index in [1.807, 2.05) is 0 Å². The van der Waals surface area contributed by atoms with Crippen LogP contribution in [-0.2, 0) is 6.54 Å². The van der Waals surface area contributed by atoms with E-state index in [9.17, 15) is 0 Å². The van der Waals surface area contributed by atoms with E-state index in [1.54, 1.807) is 12.4 Å². The number of rotatable bonds is 3. The average Bonchev–Trinajstić information content (AvgIpc) is 2.71. The van der Waals surface area contributed by atoms with Crippen LogP contribution in [0.2, 0.25) is 0 Å². The van der Waals surface area contributed by atoms with Crippen LogP contribution in [0.4, 0.5) is 5.13 Å². The first-order valence-corrected chi connectivity index (χ1v) is 5.16. The summed E-state index contributed by atoms with van der Waals surface area (Å²) in [4.78, 5) is 7.05. The average molecular weight is 260 g/mol. The van der Waals surface area contributed by atoms with Gasteiger partial charge in [0.2, 0.25) is 5.13 Å². The molecule has 0 bridgehead atoms. The van der Waals surface area contributed by atoms with Crippen molar-refractivity contribution in [2.45, 2.75) is 6.54 Å². The van der Waals surface area contributed by atoms with Crippen molar-refractivity contribution in [2.24, 2.45) is 0 Å². The molecular formula is C6H6BrN5S. The van der Waals surface area contributed by atoms with E-state index in [1.165, 1.54) is 11.3 Å². The summed E-state index contributed by atoms with van der Waals surface area (Å²) >= 11 is 4.68. The highest BCUT2D eigenvalue weighted by atomic mass is 79.9. The minimum absolute atomic E-state index is 0.634. The van der Waals surface area contributed by atoms with Gasteiger partial charge in [0.25, 0.3) is 0 Å². The summed E-state index contributed by atoms with van der Waals surface area (Å²) in [6.45, 7) is 0.634. The zero-order chi connectivity index (χ0) is 9.10. The van der Waals surface area contributed by atoms with Crippen LogP contribution < -0.4 is 5.32 Å². The van der Waals surface area contributed by atoms with Gasteiger partial charge >= 0.3 is 0 Å². The number of anilines is 1. The van der Waals surface area contributed by atoms with E-state index in [-0.39, 0.29) is 0 Å². The van der Waals surface area contributed by atoms with Crippen LogP contribution in [0.25, 0.3) is 0 Å². The third-order valence-electron chi connectivity index (χ3n) is 1.36. The van der Waals surface area contributed by atoms with Gasteiger partial charge in [-0.2, -0.15) is 0 Å². The summed E-state index contributed by atoms with van der Waals surface area (Å²) in [5.74, 6) is 0.881. The van der Waals surface area contributed by atoms with Crippen LogP contribution in [0.15, 0.2) is 16.3 Å². The molecule has 0 saturated heterocycles. The second kappa shape index (κ2) is 3.84. The smallest absolute Gasteiger partial charge is 0.206 e. The topological polar surface area (TPSA) is 66.5 Å². The third kappa shape index (κ3) is 2.25. The van der Waals surface area contributed by atoms with Gasteiger partial charge in [0.05, 0.1) is 6.54 Å². The lowest BCUT2D eigenvalue weighted by Crippen LogP contribution is -2.00. The Balaban J connectivity index is 1.93. The Hall–Kier alpha value is -0.950. The van der Waals surface area contributed by atoms with Gasteiger partial charge in [0, 0.05) is 12.4 Å².